The maximum atomic E-state index is 11.8. The number of nitrogens with zero attached hydrogens (tertiary/aromatic N) is 2. The van der Waals surface area contributed by atoms with Gasteiger partial charge in [-0.1, -0.05) is 32.4 Å². The summed E-state index contributed by atoms with van der Waals surface area (Å²) in [6, 6.07) is -1.01. The number of carboxylic acid groups (broad SMARTS) is 1. The van der Waals surface area contributed by atoms with Crippen LogP contribution in [0, 0.1) is 5.41 Å². The molecule has 1 rings (SSSR count). The van der Waals surface area contributed by atoms with Gasteiger partial charge in [-0.2, -0.15) is 0 Å². The molecule has 1 aromatic rings. The average Bonchev–Trinajstić information content (AvgIpc) is 2.24. The van der Waals surface area contributed by atoms with Crippen molar-refractivity contribution in [3.8, 4) is 0 Å². The predicted molar refractivity (Wildman–Crippen MR) is 65.4 cm³/mol. The molecule has 0 aliphatic heterocycles. The molecule has 0 aliphatic rings. The number of hydrogen-bond donors (Lipinski definition) is 2. The van der Waals surface area contributed by atoms with Gasteiger partial charge in [0.2, 0.25) is 0 Å². The Labute approximate surface area is 109 Å². The molecule has 1 amide bonds. The molecular formula is C11H14ClN3O3. The minimum Gasteiger partial charge on any atom is -0.480 e. The van der Waals surface area contributed by atoms with E-state index >= 15 is 0 Å². The summed E-state index contributed by atoms with van der Waals surface area (Å²) in [7, 11) is 0. The standard InChI is InChI=1S/C11H14ClN3O3/c1-11(2,3)8(10(17)18)15-9(16)6-4-14-7(12)5-13-6/h4-5,8H,1-3H3,(H,15,16)(H,17,18). The van der Waals surface area contributed by atoms with Crippen molar-refractivity contribution >= 4 is 23.5 Å². The fourth-order valence-electron chi connectivity index (χ4n) is 1.28. The largest absolute Gasteiger partial charge is 0.480 e. The third kappa shape index (κ3) is 3.66. The van der Waals surface area contributed by atoms with Crippen molar-refractivity contribution in [3.63, 3.8) is 0 Å². The van der Waals surface area contributed by atoms with Crippen molar-refractivity contribution in [2.45, 2.75) is 26.8 Å². The number of nitrogens with one attached hydrogen (secondary N) is 1. The molecule has 1 unspecified atom stereocenters. The normalized spacial score (nSPS) is 12.9. The van der Waals surface area contributed by atoms with Crippen molar-refractivity contribution in [1.82, 2.24) is 15.3 Å². The van der Waals surface area contributed by atoms with Crippen molar-refractivity contribution in [2.75, 3.05) is 0 Å². The maximum absolute atomic E-state index is 11.8. The third-order valence-corrected chi connectivity index (χ3v) is 2.44. The lowest BCUT2D eigenvalue weighted by Crippen LogP contribution is -2.49. The Kier molecular flexibility index (Phi) is 4.24. The fraction of sp³-hybridized carbons (Fsp3) is 0.455. The maximum Gasteiger partial charge on any atom is 0.326 e. The van der Waals surface area contributed by atoms with Gasteiger partial charge in [-0.3, -0.25) is 4.79 Å². The van der Waals surface area contributed by atoms with Crippen molar-refractivity contribution in [3.05, 3.63) is 23.2 Å². The number of amides is 1. The van der Waals surface area contributed by atoms with Crippen LogP contribution in [0.15, 0.2) is 12.4 Å². The highest BCUT2D eigenvalue weighted by Crippen LogP contribution is 2.19. The number of rotatable bonds is 3. The summed E-state index contributed by atoms with van der Waals surface area (Å²) in [5.74, 6) is -1.70. The zero-order valence-electron chi connectivity index (χ0n) is 10.3. The molecule has 0 radical (unpaired) electrons. The molecule has 0 bridgehead atoms. The Morgan fingerprint density at radius 2 is 1.94 bits per heavy atom. The highest BCUT2D eigenvalue weighted by molar-refractivity contribution is 6.29. The van der Waals surface area contributed by atoms with Gasteiger partial charge in [-0.05, 0) is 5.41 Å². The van der Waals surface area contributed by atoms with E-state index < -0.39 is 23.3 Å². The fourth-order valence-corrected chi connectivity index (χ4v) is 1.38. The summed E-state index contributed by atoms with van der Waals surface area (Å²) in [6.45, 7) is 5.17. The van der Waals surface area contributed by atoms with Crippen molar-refractivity contribution in [2.24, 2.45) is 5.41 Å². The van der Waals surface area contributed by atoms with Crippen LogP contribution in [0.2, 0.25) is 5.15 Å². The number of carboxylic acids is 1. The van der Waals surface area contributed by atoms with Crippen LogP contribution in [-0.4, -0.2) is 33.0 Å². The van der Waals surface area contributed by atoms with E-state index in [2.05, 4.69) is 15.3 Å². The Morgan fingerprint density at radius 1 is 1.33 bits per heavy atom. The SMILES string of the molecule is CC(C)(C)C(NC(=O)c1cnc(Cl)cn1)C(=O)O. The highest BCUT2D eigenvalue weighted by Gasteiger charge is 2.33. The van der Waals surface area contributed by atoms with Gasteiger partial charge in [-0.25, -0.2) is 14.8 Å². The van der Waals surface area contributed by atoms with E-state index in [0.29, 0.717) is 0 Å². The molecule has 0 aromatic carbocycles. The molecule has 6 nitrogen and oxygen atoms in total. The van der Waals surface area contributed by atoms with Crippen LogP contribution in [0.25, 0.3) is 0 Å². The lowest BCUT2D eigenvalue weighted by atomic mass is 9.86. The van der Waals surface area contributed by atoms with E-state index in [4.69, 9.17) is 16.7 Å². The quantitative estimate of drug-likeness (QED) is 0.866. The van der Waals surface area contributed by atoms with Crippen LogP contribution in [0.3, 0.4) is 0 Å². The second kappa shape index (κ2) is 5.30. The van der Waals surface area contributed by atoms with Gasteiger partial charge >= 0.3 is 5.97 Å². The lowest BCUT2D eigenvalue weighted by molar-refractivity contribution is -0.142. The molecule has 7 heteroatoms. The molecule has 1 aromatic heterocycles. The molecule has 0 aliphatic carbocycles. The summed E-state index contributed by atoms with van der Waals surface area (Å²) in [6.07, 6.45) is 2.42. The van der Waals surface area contributed by atoms with E-state index in [1.54, 1.807) is 20.8 Å². The molecule has 0 saturated carbocycles. The first kappa shape index (κ1) is 14.4. The van der Waals surface area contributed by atoms with Crippen molar-refractivity contribution < 1.29 is 14.7 Å². The summed E-state index contributed by atoms with van der Waals surface area (Å²) in [5.41, 5.74) is -0.587. The number of carbonyl (C=O) groups excluding carboxylic acids is 1. The van der Waals surface area contributed by atoms with E-state index in [0.717, 1.165) is 0 Å². The Morgan fingerprint density at radius 3 is 2.33 bits per heavy atom. The van der Waals surface area contributed by atoms with E-state index in [1.807, 2.05) is 0 Å². The van der Waals surface area contributed by atoms with E-state index in [1.165, 1.54) is 12.4 Å². The predicted octanol–water partition coefficient (Wildman–Crippen LogP) is 1.36. The molecule has 18 heavy (non-hydrogen) atoms. The summed E-state index contributed by atoms with van der Waals surface area (Å²) in [5, 5.41) is 11.6. The van der Waals surface area contributed by atoms with E-state index in [-0.39, 0.29) is 10.8 Å². The van der Waals surface area contributed by atoms with Gasteiger partial charge in [-0.15, -0.1) is 0 Å². The summed E-state index contributed by atoms with van der Waals surface area (Å²) in [4.78, 5) is 30.4. The monoisotopic (exact) mass is 271 g/mol. The smallest absolute Gasteiger partial charge is 0.326 e. The first-order valence-electron chi connectivity index (χ1n) is 5.23. The average molecular weight is 272 g/mol. The third-order valence-electron chi connectivity index (χ3n) is 2.24. The zero-order valence-corrected chi connectivity index (χ0v) is 11.0. The lowest BCUT2D eigenvalue weighted by Gasteiger charge is -2.27. The second-order valence-electron chi connectivity index (χ2n) is 4.84. The molecule has 2 N–H and O–H groups in total. The number of aliphatic carboxylic acids is 1. The second-order valence-corrected chi connectivity index (χ2v) is 5.22. The highest BCUT2D eigenvalue weighted by atomic mass is 35.5. The first-order valence-corrected chi connectivity index (χ1v) is 5.61. The number of halogens is 1. The van der Waals surface area contributed by atoms with Crippen LogP contribution in [-0.2, 0) is 4.79 Å². The number of carbonyl (C=O) groups is 2. The van der Waals surface area contributed by atoms with Gasteiger partial charge in [0.15, 0.2) is 0 Å². The van der Waals surface area contributed by atoms with Gasteiger partial charge < -0.3 is 10.4 Å². The molecule has 0 saturated heterocycles. The molecule has 98 valence electrons. The molecule has 0 fully saturated rings. The molecule has 1 heterocycles. The molecule has 0 spiro atoms. The van der Waals surface area contributed by atoms with Crippen LogP contribution >= 0.6 is 11.6 Å². The van der Waals surface area contributed by atoms with Crippen LogP contribution in [0.4, 0.5) is 0 Å². The van der Waals surface area contributed by atoms with E-state index in [9.17, 15) is 9.59 Å². The topological polar surface area (TPSA) is 92.2 Å². The van der Waals surface area contributed by atoms with Crippen LogP contribution < -0.4 is 5.32 Å². The Hall–Kier alpha value is -1.69. The minimum absolute atomic E-state index is 0.0231. The van der Waals surface area contributed by atoms with Gasteiger partial charge in [0.25, 0.3) is 5.91 Å². The summed E-state index contributed by atoms with van der Waals surface area (Å²) < 4.78 is 0. The molecule has 1 atom stereocenters. The van der Waals surface area contributed by atoms with Crippen molar-refractivity contribution in [1.29, 1.82) is 0 Å². The molecular weight excluding hydrogens is 258 g/mol. The van der Waals surface area contributed by atoms with Crippen LogP contribution in [0.1, 0.15) is 31.3 Å². The number of aromatic nitrogens is 2. The number of hydrogen-bond acceptors (Lipinski definition) is 4. The minimum atomic E-state index is -1.10. The summed E-state index contributed by atoms with van der Waals surface area (Å²) >= 11 is 5.55. The first-order chi connectivity index (χ1) is 8.21. The van der Waals surface area contributed by atoms with Gasteiger partial charge in [0, 0.05) is 0 Å². The Bertz CT molecular complexity index is 454. The Balaban J connectivity index is 2.86. The zero-order chi connectivity index (χ0) is 13.9. The van der Waals surface area contributed by atoms with Gasteiger partial charge in [0.05, 0.1) is 12.4 Å². The van der Waals surface area contributed by atoms with Gasteiger partial charge in [0.1, 0.15) is 16.9 Å². The van der Waals surface area contributed by atoms with Crippen LogP contribution in [0.5, 0.6) is 0 Å².